The van der Waals surface area contributed by atoms with Gasteiger partial charge in [0.2, 0.25) is 0 Å². The fourth-order valence-corrected chi connectivity index (χ4v) is 2.00. The van der Waals surface area contributed by atoms with E-state index >= 15 is 0 Å². The van der Waals surface area contributed by atoms with Crippen molar-refractivity contribution >= 4 is 33.6 Å². The highest BCUT2D eigenvalue weighted by molar-refractivity contribution is 7.91. The fraction of sp³-hybridized carbons (Fsp3) is 0.222. The van der Waals surface area contributed by atoms with E-state index in [1.165, 1.54) is 11.6 Å². The summed E-state index contributed by atoms with van der Waals surface area (Å²) in [4.78, 5) is 11.0. The first kappa shape index (κ1) is 15.3. The van der Waals surface area contributed by atoms with Crippen LogP contribution in [0.1, 0.15) is 6.92 Å². The molecular formula is C9H10ClFN2O5S. The minimum Gasteiger partial charge on any atom is -0.506 e. The molecule has 0 heterocycles. The van der Waals surface area contributed by atoms with Gasteiger partial charge in [0.25, 0.3) is 0 Å². The molecule has 0 radical (unpaired) electrons. The van der Waals surface area contributed by atoms with Crippen molar-refractivity contribution in [3.8, 4) is 5.75 Å². The number of benzene rings is 1. The lowest BCUT2D eigenvalue weighted by atomic mass is 10.3. The third-order valence-corrected chi connectivity index (χ3v) is 2.99. The topological polar surface area (TPSA) is 105 Å². The third kappa shape index (κ3) is 4.45. The molecule has 1 rings (SSSR count). The van der Waals surface area contributed by atoms with Crippen LogP contribution in [0.3, 0.4) is 0 Å². The van der Waals surface area contributed by atoms with Crippen LogP contribution in [0.25, 0.3) is 0 Å². The second kappa shape index (κ2) is 5.93. The summed E-state index contributed by atoms with van der Waals surface area (Å²) in [5, 5.41) is 8.95. The summed E-state index contributed by atoms with van der Waals surface area (Å²) >= 11 is 5.44. The molecule has 0 fully saturated rings. The van der Waals surface area contributed by atoms with Gasteiger partial charge in [-0.2, -0.15) is 8.42 Å². The lowest BCUT2D eigenvalue weighted by molar-refractivity contribution is 0.159. The number of ether oxygens (including phenoxy) is 1. The SMILES string of the molecule is CCOC(=O)NS(=O)(=O)Nc1cc(Cl)c(F)cc1O. The smallest absolute Gasteiger partial charge is 0.422 e. The zero-order chi connectivity index (χ0) is 14.6. The first-order valence-corrected chi connectivity index (χ1v) is 6.76. The maximum atomic E-state index is 12.9. The third-order valence-electron chi connectivity index (χ3n) is 1.78. The summed E-state index contributed by atoms with van der Waals surface area (Å²) in [6, 6.07) is 1.49. The van der Waals surface area contributed by atoms with Gasteiger partial charge in [-0.25, -0.2) is 13.9 Å². The monoisotopic (exact) mass is 312 g/mol. The van der Waals surface area contributed by atoms with Gasteiger partial charge in [-0.15, -0.1) is 0 Å². The van der Waals surface area contributed by atoms with Gasteiger partial charge in [-0.1, -0.05) is 11.6 Å². The first-order chi connectivity index (χ1) is 8.75. The molecule has 1 aromatic rings. The van der Waals surface area contributed by atoms with Crippen molar-refractivity contribution in [3.05, 3.63) is 23.0 Å². The highest BCUT2D eigenvalue weighted by Gasteiger charge is 2.18. The number of amides is 1. The molecule has 106 valence electrons. The average Bonchev–Trinajstić information content (AvgIpc) is 2.24. The Balaban J connectivity index is 2.90. The molecule has 0 aliphatic rings. The van der Waals surface area contributed by atoms with Gasteiger partial charge < -0.3 is 9.84 Å². The minimum absolute atomic E-state index is 0.0189. The van der Waals surface area contributed by atoms with Crippen molar-refractivity contribution in [2.24, 2.45) is 0 Å². The predicted octanol–water partition coefficient (Wildman–Crippen LogP) is 1.59. The highest BCUT2D eigenvalue weighted by atomic mass is 35.5. The maximum Gasteiger partial charge on any atom is 0.422 e. The van der Waals surface area contributed by atoms with Crippen LogP contribution in [-0.4, -0.2) is 26.2 Å². The Morgan fingerprint density at radius 3 is 2.74 bits per heavy atom. The predicted molar refractivity (Wildman–Crippen MR) is 65.8 cm³/mol. The summed E-state index contributed by atoms with van der Waals surface area (Å²) in [5.74, 6) is -1.60. The van der Waals surface area contributed by atoms with Gasteiger partial charge in [-0.05, 0) is 13.0 Å². The Morgan fingerprint density at radius 1 is 1.53 bits per heavy atom. The Hall–Kier alpha value is -1.74. The maximum absolute atomic E-state index is 12.9. The molecule has 7 nitrogen and oxygen atoms in total. The number of carbonyl (C=O) groups is 1. The Bertz CT molecular complexity index is 593. The van der Waals surface area contributed by atoms with E-state index in [0.29, 0.717) is 6.07 Å². The van der Waals surface area contributed by atoms with Crippen LogP contribution in [0, 0.1) is 5.82 Å². The summed E-state index contributed by atoms with van der Waals surface area (Å²) in [5.41, 5.74) is -0.386. The van der Waals surface area contributed by atoms with Crippen molar-refractivity contribution in [3.63, 3.8) is 0 Å². The molecule has 0 spiro atoms. The zero-order valence-corrected chi connectivity index (χ0v) is 11.2. The molecule has 0 saturated heterocycles. The number of nitrogens with one attached hydrogen (secondary N) is 2. The number of phenols is 1. The molecule has 0 aliphatic heterocycles. The lowest BCUT2D eigenvalue weighted by Gasteiger charge is -2.11. The lowest BCUT2D eigenvalue weighted by Crippen LogP contribution is -2.35. The van der Waals surface area contributed by atoms with Crippen molar-refractivity contribution in [1.29, 1.82) is 0 Å². The molecule has 0 aliphatic carbocycles. The Kier molecular flexibility index (Phi) is 4.78. The van der Waals surface area contributed by atoms with E-state index in [1.807, 2.05) is 0 Å². The Morgan fingerprint density at radius 2 is 2.16 bits per heavy atom. The largest absolute Gasteiger partial charge is 0.506 e. The second-order valence-corrected chi connectivity index (χ2v) is 5.03. The summed E-state index contributed by atoms with van der Waals surface area (Å²) in [7, 11) is -4.32. The van der Waals surface area contributed by atoms with E-state index in [-0.39, 0.29) is 12.3 Å². The molecule has 10 heteroatoms. The molecule has 1 aromatic carbocycles. The van der Waals surface area contributed by atoms with Gasteiger partial charge >= 0.3 is 16.3 Å². The molecule has 0 atom stereocenters. The number of halogens is 2. The number of aromatic hydroxyl groups is 1. The molecule has 19 heavy (non-hydrogen) atoms. The standard InChI is InChI=1S/C9H10ClFN2O5S/c1-2-18-9(15)13-19(16,17)12-7-3-5(10)6(11)4-8(7)14/h3-4,12,14H,2H2,1H3,(H,13,15). The molecule has 1 amide bonds. The number of hydrogen-bond donors (Lipinski definition) is 3. The van der Waals surface area contributed by atoms with E-state index in [2.05, 4.69) is 4.74 Å². The second-order valence-electron chi connectivity index (χ2n) is 3.21. The van der Waals surface area contributed by atoms with E-state index in [1.54, 1.807) is 4.72 Å². The van der Waals surface area contributed by atoms with Gasteiger partial charge in [-0.3, -0.25) is 4.72 Å². The quantitative estimate of drug-likeness (QED) is 0.732. The van der Waals surface area contributed by atoms with Crippen LogP contribution in [0.15, 0.2) is 12.1 Å². The van der Waals surface area contributed by atoms with Gasteiger partial charge in [0.05, 0.1) is 17.3 Å². The minimum atomic E-state index is -4.32. The van der Waals surface area contributed by atoms with Gasteiger partial charge in [0, 0.05) is 6.07 Å². The summed E-state index contributed by atoms with van der Waals surface area (Å²) in [6.07, 6.45) is -1.19. The van der Waals surface area contributed by atoms with E-state index in [4.69, 9.17) is 11.6 Å². The average molecular weight is 313 g/mol. The fourth-order valence-electron chi connectivity index (χ4n) is 1.06. The molecule has 0 bridgehead atoms. The van der Waals surface area contributed by atoms with Crippen molar-refractivity contribution in [2.45, 2.75) is 6.92 Å². The number of rotatable bonds is 4. The Labute approximate surface area is 113 Å². The summed E-state index contributed by atoms with van der Waals surface area (Å²) < 4.78 is 43.6. The number of anilines is 1. The van der Waals surface area contributed by atoms with Crippen LogP contribution in [-0.2, 0) is 14.9 Å². The van der Waals surface area contributed by atoms with Crippen LogP contribution in [0.4, 0.5) is 14.9 Å². The summed E-state index contributed by atoms with van der Waals surface area (Å²) in [6.45, 7) is 1.47. The van der Waals surface area contributed by atoms with Gasteiger partial charge in [0.15, 0.2) is 0 Å². The van der Waals surface area contributed by atoms with Crippen LogP contribution < -0.4 is 9.44 Å². The van der Waals surface area contributed by atoms with Crippen molar-refractivity contribution in [1.82, 2.24) is 4.72 Å². The van der Waals surface area contributed by atoms with Crippen molar-refractivity contribution < 1.29 is 27.4 Å². The number of phenolic OH excluding ortho intramolecular Hbond substituents is 1. The van der Waals surface area contributed by atoms with Gasteiger partial charge in [0.1, 0.15) is 11.6 Å². The van der Waals surface area contributed by atoms with Crippen LogP contribution in [0.5, 0.6) is 5.75 Å². The highest BCUT2D eigenvalue weighted by Crippen LogP contribution is 2.29. The van der Waals surface area contributed by atoms with E-state index < -0.39 is 32.9 Å². The van der Waals surface area contributed by atoms with Crippen LogP contribution in [0.2, 0.25) is 5.02 Å². The molecule has 0 saturated carbocycles. The molecule has 0 unspecified atom stereocenters. The van der Waals surface area contributed by atoms with E-state index in [0.717, 1.165) is 6.07 Å². The van der Waals surface area contributed by atoms with Crippen molar-refractivity contribution in [2.75, 3.05) is 11.3 Å². The number of hydrogen-bond acceptors (Lipinski definition) is 5. The van der Waals surface area contributed by atoms with Crippen LogP contribution >= 0.6 is 11.6 Å². The molecule has 3 N–H and O–H groups in total. The first-order valence-electron chi connectivity index (χ1n) is 4.90. The number of carbonyl (C=O) groups excluding carboxylic acids is 1. The van der Waals surface area contributed by atoms with E-state index in [9.17, 15) is 22.7 Å². The molecular weight excluding hydrogens is 303 g/mol. The molecule has 0 aromatic heterocycles. The normalized spacial score (nSPS) is 10.9. The zero-order valence-electron chi connectivity index (χ0n) is 9.61.